The molecule has 0 unspecified atom stereocenters. The average molecular weight is 496 g/mol. The molecule has 0 N–H and O–H groups in total. The topological polar surface area (TPSA) is 60.9 Å². The fraction of sp³-hybridized carbons (Fsp3) is 0.458. The number of carbonyl (C=O) groups is 1. The molecule has 0 aliphatic carbocycles. The molecule has 2 aromatic carbocycles. The zero-order chi connectivity index (χ0) is 24.5. The van der Waals surface area contributed by atoms with Gasteiger partial charge in [-0.25, -0.2) is 8.42 Å². The fourth-order valence-corrected chi connectivity index (χ4v) is 6.56. The van der Waals surface area contributed by atoms with E-state index < -0.39 is 32.7 Å². The van der Waals surface area contributed by atoms with Crippen LogP contribution in [0.2, 0.25) is 0 Å². The summed E-state index contributed by atoms with van der Waals surface area (Å²) in [7, 11) is -4.49. The number of hydrogen-bond donors (Lipinski definition) is 0. The van der Waals surface area contributed by atoms with Crippen LogP contribution in [-0.4, -0.2) is 67.2 Å². The molecular weight excluding hydrogens is 467 g/mol. The van der Waals surface area contributed by atoms with Gasteiger partial charge in [0.25, 0.3) is 0 Å². The highest BCUT2D eigenvalue weighted by molar-refractivity contribution is 7.89. The number of rotatable bonds is 5. The molecule has 10 heteroatoms. The molecule has 2 fully saturated rings. The van der Waals surface area contributed by atoms with Gasteiger partial charge in [0.15, 0.2) is 0 Å². The van der Waals surface area contributed by atoms with Gasteiger partial charge in [-0.15, -0.1) is 0 Å². The molecule has 2 aliphatic rings. The first-order valence-electron chi connectivity index (χ1n) is 11.3. The van der Waals surface area contributed by atoms with E-state index in [-0.39, 0.29) is 12.5 Å². The van der Waals surface area contributed by atoms with Crippen molar-refractivity contribution in [3.63, 3.8) is 0 Å². The van der Waals surface area contributed by atoms with E-state index in [2.05, 4.69) is 24.0 Å². The molecule has 0 aromatic heterocycles. The molecule has 34 heavy (non-hydrogen) atoms. The maximum Gasteiger partial charge on any atom is 0.417 e. The number of benzene rings is 2. The highest BCUT2D eigenvalue weighted by Crippen LogP contribution is 2.37. The molecular formula is C24H28F3N3O3S. The number of amides is 1. The molecule has 2 aromatic rings. The first-order valence-corrected chi connectivity index (χ1v) is 12.8. The van der Waals surface area contributed by atoms with E-state index in [1.807, 2.05) is 12.1 Å². The van der Waals surface area contributed by atoms with Crippen molar-refractivity contribution in [3.8, 4) is 0 Å². The largest absolute Gasteiger partial charge is 0.417 e. The first kappa shape index (κ1) is 24.7. The van der Waals surface area contributed by atoms with Gasteiger partial charge in [-0.3, -0.25) is 9.69 Å². The molecule has 2 aliphatic heterocycles. The van der Waals surface area contributed by atoms with Crippen LogP contribution in [-0.2, 0) is 27.5 Å². The summed E-state index contributed by atoms with van der Waals surface area (Å²) >= 11 is 0. The maximum absolute atomic E-state index is 13.5. The highest BCUT2D eigenvalue weighted by atomic mass is 32.2. The van der Waals surface area contributed by atoms with Gasteiger partial charge in [0.1, 0.15) is 6.04 Å². The molecule has 0 radical (unpaired) electrons. The summed E-state index contributed by atoms with van der Waals surface area (Å²) in [6.45, 7) is 5.06. The summed E-state index contributed by atoms with van der Waals surface area (Å²) in [5.41, 5.74) is 1.21. The van der Waals surface area contributed by atoms with Crippen LogP contribution < -0.4 is 0 Å². The van der Waals surface area contributed by atoms with Crippen molar-refractivity contribution in [3.05, 3.63) is 65.2 Å². The number of aryl methyl sites for hydroxylation is 1. The van der Waals surface area contributed by atoms with Crippen molar-refractivity contribution in [2.45, 2.75) is 43.4 Å². The third kappa shape index (κ3) is 4.99. The predicted octanol–water partition coefficient (Wildman–Crippen LogP) is 3.51. The molecule has 184 valence electrons. The van der Waals surface area contributed by atoms with Crippen LogP contribution in [0.1, 0.15) is 29.5 Å². The Morgan fingerprint density at radius 1 is 0.971 bits per heavy atom. The summed E-state index contributed by atoms with van der Waals surface area (Å²) < 4.78 is 67.8. The second-order valence-electron chi connectivity index (χ2n) is 8.80. The number of hydrogen-bond acceptors (Lipinski definition) is 4. The summed E-state index contributed by atoms with van der Waals surface area (Å²) in [6.07, 6.45) is -4.08. The van der Waals surface area contributed by atoms with Crippen LogP contribution in [0.4, 0.5) is 13.2 Å². The third-order valence-corrected chi connectivity index (χ3v) is 8.57. The Hall–Kier alpha value is -2.43. The minimum atomic E-state index is -4.81. The Kier molecular flexibility index (Phi) is 7.02. The normalized spacial score (nSPS) is 20.6. The Balaban J connectivity index is 1.46. The van der Waals surface area contributed by atoms with Gasteiger partial charge in [0, 0.05) is 39.3 Å². The third-order valence-electron chi connectivity index (χ3n) is 6.61. The Bertz CT molecular complexity index is 1150. The van der Waals surface area contributed by atoms with E-state index in [1.165, 1.54) is 17.2 Å². The van der Waals surface area contributed by atoms with Gasteiger partial charge < -0.3 is 4.90 Å². The number of sulfonamides is 1. The van der Waals surface area contributed by atoms with Gasteiger partial charge in [-0.05, 0) is 43.0 Å². The van der Waals surface area contributed by atoms with Crippen LogP contribution in [0.25, 0.3) is 0 Å². The van der Waals surface area contributed by atoms with Crippen LogP contribution in [0.15, 0.2) is 53.4 Å². The lowest BCUT2D eigenvalue weighted by molar-refractivity contribution is -0.139. The molecule has 1 amide bonds. The number of nitrogens with zero attached hydrogens (tertiary/aromatic N) is 3. The molecule has 0 saturated carbocycles. The van der Waals surface area contributed by atoms with Crippen LogP contribution >= 0.6 is 0 Å². The number of carbonyl (C=O) groups excluding carboxylic acids is 1. The highest BCUT2D eigenvalue weighted by Gasteiger charge is 2.45. The first-order chi connectivity index (χ1) is 16.1. The second kappa shape index (κ2) is 9.67. The molecule has 0 bridgehead atoms. The quantitative estimate of drug-likeness (QED) is 0.637. The summed E-state index contributed by atoms with van der Waals surface area (Å²) in [4.78, 5) is 16.4. The van der Waals surface area contributed by atoms with Gasteiger partial charge in [-0.1, -0.05) is 36.4 Å². The summed E-state index contributed by atoms with van der Waals surface area (Å²) in [5, 5.41) is 0. The minimum absolute atomic E-state index is 0.0260. The second-order valence-corrected chi connectivity index (χ2v) is 10.7. The molecule has 6 nitrogen and oxygen atoms in total. The van der Waals surface area contributed by atoms with E-state index in [0.717, 1.165) is 29.0 Å². The van der Waals surface area contributed by atoms with Crippen LogP contribution in [0, 0.1) is 6.92 Å². The monoisotopic (exact) mass is 495 g/mol. The van der Waals surface area contributed by atoms with E-state index in [4.69, 9.17) is 0 Å². The Morgan fingerprint density at radius 2 is 1.62 bits per heavy atom. The lowest BCUT2D eigenvalue weighted by Crippen LogP contribution is -2.54. The minimum Gasteiger partial charge on any atom is -0.339 e. The average Bonchev–Trinajstić information content (AvgIpc) is 3.31. The Morgan fingerprint density at radius 3 is 2.29 bits per heavy atom. The molecule has 2 saturated heterocycles. The van der Waals surface area contributed by atoms with E-state index in [1.54, 1.807) is 4.90 Å². The van der Waals surface area contributed by atoms with Gasteiger partial charge in [0.05, 0.1) is 10.5 Å². The van der Waals surface area contributed by atoms with Gasteiger partial charge in [-0.2, -0.15) is 17.5 Å². The van der Waals surface area contributed by atoms with E-state index in [0.29, 0.717) is 39.0 Å². The van der Waals surface area contributed by atoms with E-state index in [9.17, 15) is 26.4 Å². The van der Waals surface area contributed by atoms with Crippen molar-refractivity contribution in [2.24, 2.45) is 0 Å². The zero-order valence-electron chi connectivity index (χ0n) is 19.0. The molecule has 2 heterocycles. The van der Waals surface area contributed by atoms with Crippen LogP contribution in [0.3, 0.4) is 0 Å². The van der Waals surface area contributed by atoms with Gasteiger partial charge >= 0.3 is 6.18 Å². The summed E-state index contributed by atoms with van der Waals surface area (Å²) in [5.74, 6) is -0.332. The fourth-order valence-electron chi connectivity index (χ4n) is 4.69. The van der Waals surface area contributed by atoms with Crippen molar-refractivity contribution in [1.29, 1.82) is 0 Å². The van der Waals surface area contributed by atoms with Crippen molar-refractivity contribution >= 4 is 15.9 Å². The number of piperazine rings is 1. The molecule has 4 rings (SSSR count). The van der Waals surface area contributed by atoms with Crippen molar-refractivity contribution in [2.75, 3.05) is 32.7 Å². The van der Waals surface area contributed by atoms with Crippen LogP contribution in [0.5, 0.6) is 0 Å². The van der Waals surface area contributed by atoms with Gasteiger partial charge in [0.2, 0.25) is 15.9 Å². The predicted molar refractivity (Wildman–Crippen MR) is 121 cm³/mol. The number of alkyl halides is 3. The Labute approximate surface area is 198 Å². The SMILES string of the molecule is Cc1ccccc1CN1CCN(C(=O)[C@H]2CCCN2S(=O)(=O)c2ccccc2C(F)(F)F)CC1. The zero-order valence-corrected chi connectivity index (χ0v) is 19.8. The molecule has 0 spiro atoms. The van der Waals surface area contributed by atoms with E-state index >= 15 is 0 Å². The smallest absolute Gasteiger partial charge is 0.339 e. The van der Waals surface area contributed by atoms with Crippen molar-refractivity contribution < 1.29 is 26.4 Å². The lowest BCUT2D eigenvalue weighted by atomic mass is 10.1. The standard InChI is InChI=1S/C24H28F3N3O3S/c1-18-7-2-3-8-19(18)17-28-13-15-29(16-14-28)23(31)21-10-6-12-30(21)34(32,33)22-11-5-4-9-20(22)24(25,26)27/h2-5,7-9,11,21H,6,10,12-17H2,1H3/t21-/m1/s1. The molecule has 1 atom stereocenters. The van der Waals surface area contributed by atoms with Crippen molar-refractivity contribution in [1.82, 2.24) is 14.1 Å². The number of halogens is 3. The maximum atomic E-state index is 13.5. The summed E-state index contributed by atoms with van der Waals surface area (Å²) in [6, 6.07) is 11.3. The lowest BCUT2D eigenvalue weighted by Gasteiger charge is -2.37.